The SMILES string of the molecule is CCCCCOc1ccc(C(C)(C)C)cc1CC(C)(C)C. The Morgan fingerprint density at radius 1 is 0.952 bits per heavy atom. The number of ether oxygens (including phenoxy) is 1. The maximum Gasteiger partial charge on any atom is 0.122 e. The number of benzene rings is 1. The second kappa shape index (κ2) is 7.33. The van der Waals surface area contributed by atoms with Gasteiger partial charge in [-0.05, 0) is 40.9 Å². The van der Waals surface area contributed by atoms with Gasteiger partial charge in [-0.15, -0.1) is 0 Å². The van der Waals surface area contributed by atoms with Gasteiger partial charge < -0.3 is 4.74 Å². The van der Waals surface area contributed by atoms with E-state index in [0.717, 1.165) is 25.2 Å². The van der Waals surface area contributed by atoms with Crippen molar-refractivity contribution < 1.29 is 4.74 Å². The van der Waals surface area contributed by atoms with Gasteiger partial charge in [0, 0.05) is 0 Å². The van der Waals surface area contributed by atoms with Crippen molar-refractivity contribution in [1.82, 2.24) is 0 Å². The van der Waals surface area contributed by atoms with E-state index in [2.05, 4.69) is 66.7 Å². The standard InChI is InChI=1S/C20H34O/c1-8-9-10-13-21-18-12-11-17(20(5,6)7)14-16(18)15-19(2,3)4/h11-12,14H,8-10,13,15H2,1-7H3. The van der Waals surface area contributed by atoms with E-state index in [1.807, 2.05) is 0 Å². The van der Waals surface area contributed by atoms with E-state index in [9.17, 15) is 0 Å². The Kier molecular flexibility index (Phi) is 6.31. The summed E-state index contributed by atoms with van der Waals surface area (Å²) in [5.74, 6) is 1.08. The van der Waals surface area contributed by atoms with E-state index in [4.69, 9.17) is 4.74 Å². The third-order valence-corrected chi connectivity index (χ3v) is 3.65. The molecule has 1 aromatic carbocycles. The van der Waals surface area contributed by atoms with Crippen molar-refractivity contribution in [2.75, 3.05) is 6.61 Å². The molecule has 0 aliphatic rings. The summed E-state index contributed by atoms with van der Waals surface area (Å²) in [6.45, 7) is 16.7. The molecule has 0 aliphatic heterocycles. The van der Waals surface area contributed by atoms with Crippen LogP contribution in [-0.4, -0.2) is 6.61 Å². The summed E-state index contributed by atoms with van der Waals surface area (Å²) in [7, 11) is 0. The minimum absolute atomic E-state index is 0.188. The first-order valence-electron chi connectivity index (χ1n) is 8.40. The fourth-order valence-corrected chi connectivity index (χ4v) is 2.43. The van der Waals surface area contributed by atoms with Crippen molar-refractivity contribution in [2.24, 2.45) is 5.41 Å². The van der Waals surface area contributed by atoms with Crippen molar-refractivity contribution in [3.05, 3.63) is 29.3 Å². The zero-order chi connectivity index (χ0) is 16.1. The molecule has 0 aliphatic carbocycles. The number of unbranched alkanes of at least 4 members (excludes halogenated alkanes) is 2. The third kappa shape index (κ3) is 6.54. The molecule has 0 bridgehead atoms. The monoisotopic (exact) mass is 290 g/mol. The van der Waals surface area contributed by atoms with Gasteiger partial charge in [0.15, 0.2) is 0 Å². The van der Waals surface area contributed by atoms with Gasteiger partial charge in [0.1, 0.15) is 5.75 Å². The van der Waals surface area contributed by atoms with E-state index in [-0.39, 0.29) is 10.8 Å². The fraction of sp³-hybridized carbons (Fsp3) is 0.700. The summed E-state index contributed by atoms with van der Waals surface area (Å²) in [6, 6.07) is 6.75. The average Bonchev–Trinajstić information content (AvgIpc) is 2.33. The van der Waals surface area contributed by atoms with Crippen LogP contribution in [-0.2, 0) is 11.8 Å². The smallest absolute Gasteiger partial charge is 0.122 e. The van der Waals surface area contributed by atoms with Crippen molar-refractivity contribution >= 4 is 0 Å². The highest BCUT2D eigenvalue weighted by atomic mass is 16.5. The molecule has 0 aromatic heterocycles. The molecule has 0 heterocycles. The van der Waals surface area contributed by atoms with Crippen molar-refractivity contribution in [1.29, 1.82) is 0 Å². The fourth-order valence-electron chi connectivity index (χ4n) is 2.43. The second-order valence-corrected chi connectivity index (χ2v) is 8.37. The summed E-state index contributed by atoms with van der Waals surface area (Å²) < 4.78 is 6.05. The van der Waals surface area contributed by atoms with Gasteiger partial charge in [-0.3, -0.25) is 0 Å². The number of hydrogen-bond donors (Lipinski definition) is 0. The summed E-state index contributed by atoms with van der Waals surface area (Å²) in [6.07, 6.45) is 4.68. The van der Waals surface area contributed by atoms with Crippen LogP contribution in [0.4, 0.5) is 0 Å². The molecule has 0 N–H and O–H groups in total. The van der Waals surface area contributed by atoms with E-state index in [1.54, 1.807) is 0 Å². The van der Waals surface area contributed by atoms with Crippen LogP contribution in [0.15, 0.2) is 18.2 Å². The minimum atomic E-state index is 0.188. The lowest BCUT2D eigenvalue weighted by molar-refractivity contribution is 0.297. The Labute approximate surface area is 132 Å². The molecule has 0 fully saturated rings. The maximum atomic E-state index is 6.05. The molecule has 1 rings (SSSR count). The number of hydrogen-bond acceptors (Lipinski definition) is 1. The lowest BCUT2D eigenvalue weighted by atomic mass is 9.82. The molecular formula is C20H34O. The molecule has 0 radical (unpaired) electrons. The first-order chi connectivity index (χ1) is 9.63. The van der Waals surface area contributed by atoms with Crippen LogP contribution in [0.3, 0.4) is 0 Å². The van der Waals surface area contributed by atoms with E-state index < -0.39 is 0 Å². The average molecular weight is 290 g/mol. The predicted octanol–water partition coefficient (Wildman–Crippen LogP) is 6.14. The van der Waals surface area contributed by atoms with E-state index in [0.29, 0.717) is 0 Å². The van der Waals surface area contributed by atoms with Crippen LogP contribution in [0, 0.1) is 5.41 Å². The Bertz CT molecular complexity index is 432. The molecule has 0 atom stereocenters. The Morgan fingerprint density at radius 2 is 1.62 bits per heavy atom. The van der Waals surface area contributed by atoms with Gasteiger partial charge in [-0.1, -0.05) is 73.4 Å². The highest BCUT2D eigenvalue weighted by molar-refractivity contribution is 5.40. The Balaban J connectivity index is 2.95. The molecule has 120 valence electrons. The van der Waals surface area contributed by atoms with Crippen LogP contribution in [0.1, 0.15) is 78.9 Å². The normalized spacial score (nSPS) is 12.5. The summed E-state index contributed by atoms with van der Waals surface area (Å²) in [5, 5.41) is 0. The van der Waals surface area contributed by atoms with Crippen molar-refractivity contribution in [2.45, 2.75) is 79.6 Å². The first kappa shape index (κ1) is 18.1. The van der Waals surface area contributed by atoms with Crippen LogP contribution in [0.25, 0.3) is 0 Å². The van der Waals surface area contributed by atoms with Gasteiger partial charge in [-0.25, -0.2) is 0 Å². The van der Waals surface area contributed by atoms with E-state index in [1.165, 1.54) is 24.0 Å². The summed E-state index contributed by atoms with van der Waals surface area (Å²) in [5.41, 5.74) is 3.21. The minimum Gasteiger partial charge on any atom is -0.493 e. The lowest BCUT2D eigenvalue weighted by Crippen LogP contribution is -2.15. The second-order valence-electron chi connectivity index (χ2n) is 8.37. The van der Waals surface area contributed by atoms with Gasteiger partial charge in [0.2, 0.25) is 0 Å². The van der Waals surface area contributed by atoms with Crippen molar-refractivity contribution in [3.8, 4) is 5.75 Å². The zero-order valence-corrected chi connectivity index (χ0v) is 15.2. The molecule has 21 heavy (non-hydrogen) atoms. The molecule has 0 saturated heterocycles. The Morgan fingerprint density at radius 3 is 2.14 bits per heavy atom. The molecule has 1 nitrogen and oxygen atoms in total. The van der Waals surface area contributed by atoms with Crippen LogP contribution in [0.2, 0.25) is 0 Å². The highest BCUT2D eigenvalue weighted by Crippen LogP contribution is 2.32. The van der Waals surface area contributed by atoms with Crippen LogP contribution >= 0.6 is 0 Å². The van der Waals surface area contributed by atoms with Gasteiger partial charge in [0.25, 0.3) is 0 Å². The third-order valence-electron chi connectivity index (χ3n) is 3.65. The van der Waals surface area contributed by atoms with Crippen molar-refractivity contribution in [3.63, 3.8) is 0 Å². The van der Waals surface area contributed by atoms with Crippen LogP contribution in [0.5, 0.6) is 5.75 Å². The molecule has 1 aromatic rings. The zero-order valence-electron chi connectivity index (χ0n) is 15.2. The maximum absolute atomic E-state index is 6.05. The highest BCUT2D eigenvalue weighted by Gasteiger charge is 2.19. The number of rotatable bonds is 6. The van der Waals surface area contributed by atoms with E-state index >= 15 is 0 Å². The molecule has 0 saturated carbocycles. The quantitative estimate of drug-likeness (QED) is 0.572. The topological polar surface area (TPSA) is 9.23 Å². The van der Waals surface area contributed by atoms with Gasteiger partial charge in [0.05, 0.1) is 6.61 Å². The Hall–Kier alpha value is -0.980. The molecule has 0 spiro atoms. The summed E-state index contributed by atoms with van der Waals surface area (Å²) >= 11 is 0. The first-order valence-corrected chi connectivity index (χ1v) is 8.40. The molecule has 0 amide bonds. The molecule has 0 unspecified atom stereocenters. The molecule has 1 heteroatoms. The van der Waals surface area contributed by atoms with Gasteiger partial charge in [-0.2, -0.15) is 0 Å². The largest absolute Gasteiger partial charge is 0.493 e. The summed E-state index contributed by atoms with van der Waals surface area (Å²) in [4.78, 5) is 0. The predicted molar refractivity (Wildman–Crippen MR) is 93.3 cm³/mol. The molecular weight excluding hydrogens is 256 g/mol. The lowest BCUT2D eigenvalue weighted by Gasteiger charge is -2.25. The van der Waals surface area contributed by atoms with Crippen LogP contribution < -0.4 is 4.74 Å². The van der Waals surface area contributed by atoms with Gasteiger partial charge >= 0.3 is 0 Å².